The second kappa shape index (κ2) is 4.88. The third kappa shape index (κ3) is 2.18. The van der Waals surface area contributed by atoms with Crippen LogP contribution in [0.3, 0.4) is 0 Å². The Hall–Kier alpha value is -2.35. The molecule has 0 unspecified atom stereocenters. The van der Waals surface area contributed by atoms with Gasteiger partial charge in [0.05, 0.1) is 0 Å². The summed E-state index contributed by atoms with van der Waals surface area (Å²) in [6, 6.07) is 20.4. The van der Waals surface area contributed by atoms with Gasteiger partial charge in [-0.15, -0.1) is 0 Å². The van der Waals surface area contributed by atoms with E-state index in [-0.39, 0.29) is 0 Å². The first-order valence-corrected chi connectivity index (χ1v) is 5.98. The third-order valence-electron chi connectivity index (χ3n) is 2.91. The Morgan fingerprint density at radius 2 is 1.50 bits per heavy atom. The van der Waals surface area contributed by atoms with Crippen LogP contribution in [0.5, 0.6) is 0 Å². The maximum Gasteiger partial charge on any atom is 0.292 e. The number of hydrogen-bond acceptors (Lipinski definition) is 1. The van der Waals surface area contributed by atoms with E-state index in [2.05, 4.69) is 35.1 Å². The van der Waals surface area contributed by atoms with Crippen molar-refractivity contribution in [3.63, 3.8) is 0 Å². The molecule has 1 aliphatic rings. The molecule has 2 aromatic carbocycles. The molecule has 0 fully saturated rings. The van der Waals surface area contributed by atoms with Crippen LogP contribution in [-0.4, -0.2) is 17.5 Å². The summed E-state index contributed by atoms with van der Waals surface area (Å²) < 4.78 is 7.86. The Labute approximate surface area is 106 Å². The maximum absolute atomic E-state index is 5.79. The fourth-order valence-corrected chi connectivity index (χ4v) is 1.95. The molecule has 0 aromatic heterocycles. The second-order valence-corrected chi connectivity index (χ2v) is 4.12. The second-order valence-electron chi connectivity index (χ2n) is 4.12. The van der Waals surface area contributed by atoms with Gasteiger partial charge < -0.3 is 4.74 Å². The number of ether oxygens (including phenoxy) is 1. The molecule has 0 atom stereocenters. The monoisotopic (exact) mass is 236 g/mol. The highest BCUT2D eigenvalue weighted by molar-refractivity contribution is 5.80. The summed E-state index contributed by atoms with van der Waals surface area (Å²) in [6.07, 6.45) is 4.06. The van der Waals surface area contributed by atoms with E-state index < -0.39 is 0 Å². The van der Waals surface area contributed by atoms with E-state index in [0.717, 1.165) is 17.0 Å². The zero-order valence-electron chi connectivity index (χ0n) is 9.99. The van der Waals surface area contributed by atoms with Gasteiger partial charge in [-0.05, 0) is 0 Å². The number of allylic oxidation sites excluding steroid dienone is 1. The highest BCUT2D eigenvalue weighted by Gasteiger charge is 2.15. The fraction of sp³-hybridized carbons (Fsp3) is 0.0625. The fourth-order valence-electron chi connectivity index (χ4n) is 1.95. The molecule has 1 heterocycles. The molecule has 0 N–H and O–H groups in total. The first-order valence-electron chi connectivity index (χ1n) is 5.98. The van der Waals surface area contributed by atoms with Crippen molar-refractivity contribution in [3.05, 3.63) is 72.3 Å². The molecule has 3 rings (SSSR count). The largest absolute Gasteiger partial charge is 0.435 e. The molecule has 0 saturated heterocycles. The standard InChI is InChI=1S/C16H14NO/c1-3-7-14(8-4-1)16-11-12-17(13-18-16)15-9-5-2-6-10-15/h1-12H,13H2/q+1. The van der Waals surface area contributed by atoms with Gasteiger partial charge in [-0.3, -0.25) is 0 Å². The van der Waals surface area contributed by atoms with Crippen LogP contribution in [0.4, 0.5) is 5.69 Å². The zero-order chi connectivity index (χ0) is 12.2. The highest BCUT2D eigenvalue weighted by atomic mass is 16.5. The Morgan fingerprint density at radius 3 is 2.11 bits per heavy atom. The molecule has 0 bridgehead atoms. The minimum atomic E-state index is 0.546. The summed E-state index contributed by atoms with van der Waals surface area (Å²) in [6.45, 7) is 0.546. The predicted octanol–water partition coefficient (Wildman–Crippen LogP) is 3.43. The van der Waals surface area contributed by atoms with Gasteiger partial charge in [0.1, 0.15) is 5.76 Å². The molecule has 0 radical (unpaired) electrons. The van der Waals surface area contributed by atoms with Gasteiger partial charge in [0, 0.05) is 23.8 Å². The Balaban J connectivity index is 1.88. The molecule has 18 heavy (non-hydrogen) atoms. The average Bonchev–Trinajstić information content (AvgIpc) is 2.49. The van der Waals surface area contributed by atoms with Crippen LogP contribution >= 0.6 is 0 Å². The van der Waals surface area contributed by atoms with Crippen LogP contribution in [-0.2, 0) is 4.74 Å². The lowest BCUT2D eigenvalue weighted by Gasteiger charge is -2.12. The van der Waals surface area contributed by atoms with Gasteiger partial charge >= 0.3 is 0 Å². The lowest BCUT2D eigenvalue weighted by atomic mass is 10.2. The van der Waals surface area contributed by atoms with Gasteiger partial charge in [0.25, 0.3) is 6.73 Å². The van der Waals surface area contributed by atoms with Crippen molar-refractivity contribution in [1.82, 2.24) is 0 Å². The van der Waals surface area contributed by atoms with Gasteiger partial charge in [-0.25, -0.2) is 0 Å². The maximum atomic E-state index is 5.79. The van der Waals surface area contributed by atoms with Gasteiger partial charge in [-0.1, -0.05) is 48.5 Å². The van der Waals surface area contributed by atoms with E-state index in [0.29, 0.717) is 6.73 Å². The van der Waals surface area contributed by atoms with Crippen molar-refractivity contribution in [2.24, 2.45) is 0 Å². The van der Waals surface area contributed by atoms with Crippen LogP contribution < -0.4 is 0 Å². The summed E-state index contributed by atoms with van der Waals surface area (Å²) >= 11 is 0. The molecule has 0 aliphatic carbocycles. The molecule has 0 spiro atoms. The molecule has 0 saturated carbocycles. The molecule has 2 nitrogen and oxygen atoms in total. The predicted molar refractivity (Wildman–Crippen MR) is 72.8 cm³/mol. The average molecular weight is 236 g/mol. The molecule has 2 heteroatoms. The molecule has 1 aliphatic heterocycles. The third-order valence-corrected chi connectivity index (χ3v) is 2.91. The molecule has 0 amide bonds. The number of hydrogen-bond donors (Lipinski definition) is 0. The first-order chi connectivity index (χ1) is 8.93. The topological polar surface area (TPSA) is 12.2 Å². The van der Waals surface area contributed by atoms with E-state index in [9.17, 15) is 0 Å². The lowest BCUT2D eigenvalue weighted by molar-refractivity contribution is -0.479. The quantitative estimate of drug-likeness (QED) is 0.728. The summed E-state index contributed by atoms with van der Waals surface area (Å²) in [5.41, 5.74) is 2.25. The van der Waals surface area contributed by atoms with Gasteiger partial charge in [0.15, 0.2) is 6.21 Å². The van der Waals surface area contributed by atoms with Crippen molar-refractivity contribution in [2.75, 3.05) is 6.73 Å². The first kappa shape index (κ1) is 10.8. The summed E-state index contributed by atoms with van der Waals surface area (Å²) in [5.74, 6) is 0.919. The van der Waals surface area contributed by atoms with Crippen LogP contribution in [0.15, 0.2) is 66.7 Å². The molecular weight excluding hydrogens is 222 g/mol. The number of para-hydroxylation sites is 1. The van der Waals surface area contributed by atoms with Crippen molar-refractivity contribution in [3.8, 4) is 0 Å². The number of nitrogens with zero attached hydrogens (tertiary/aromatic N) is 1. The smallest absolute Gasteiger partial charge is 0.292 e. The van der Waals surface area contributed by atoms with E-state index in [1.54, 1.807) is 0 Å². The van der Waals surface area contributed by atoms with Crippen molar-refractivity contribution >= 4 is 17.7 Å². The minimum Gasteiger partial charge on any atom is -0.435 e. The number of rotatable bonds is 2. The minimum absolute atomic E-state index is 0.546. The Kier molecular flexibility index (Phi) is 2.92. The summed E-state index contributed by atoms with van der Waals surface area (Å²) in [5, 5.41) is 0. The summed E-state index contributed by atoms with van der Waals surface area (Å²) in [4.78, 5) is 0. The van der Waals surface area contributed by atoms with Crippen molar-refractivity contribution in [2.45, 2.75) is 0 Å². The van der Waals surface area contributed by atoms with E-state index in [4.69, 9.17) is 4.74 Å². The Bertz CT molecular complexity index is 530. The zero-order valence-corrected chi connectivity index (χ0v) is 9.99. The molecule has 88 valence electrons. The SMILES string of the molecule is C1=C(c2ccccc2)OC[N+](c2ccccc2)=C1. The summed E-state index contributed by atoms with van der Waals surface area (Å²) in [7, 11) is 0. The van der Waals surface area contributed by atoms with E-state index >= 15 is 0 Å². The highest BCUT2D eigenvalue weighted by Crippen LogP contribution is 2.19. The lowest BCUT2D eigenvalue weighted by Crippen LogP contribution is -2.15. The van der Waals surface area contributed by atoms with E-state index in [1.165, 1.54) is 0 Å². The van der Waals surface area contributed by atoms with Crippen LogP contribution in [0.1, 0.15) is 5.56 Å². The van der Waals surface area contributed by atoms with Gasteiger partial charge in [-0.2, -0.15) is 4.58 Å². The molecule has 2 aromatic rings. The van der Waals surface area contributed by atoms with Crippen LogP contribution in [0, 0.1) is 0 Å². The van der Waals surface area contributed by atoms with Crippen molar-refractivity contribution in [1.29, 1.82) is 0 Å². The molecular formula is C16H14NO+. The Morgan fingerprint density at radius 1 is 0.833 bits per heavy atom. The van der Waals surface area contributed by atoms with Crippen molar-refractivity contribution < 1.29 is 9.31 Å². The van der Waals surface area contributed by atoms with Crippen LogP contribution in [0.2, 0.25) is 0 Å². The van der Waals surface area contributed by atoms with Gasteiger partial charge in [0.2, 0.25) is 5.69 Å². The number of benzene rings is 2. The normalized spacial score (nSPS) is 14.4. The van der Waals surface area contributed by atoms with Crippen LogP contribution in [0.25, 0.3) is 5.76 Å². The van der Waals surface area contributed by atoms with E-state index in [1.807, 2.05) is 42.5 Å².